The van der Waals surface area contributed by atoms with Crippen molar-refractivity contribution < 1.29 is 18.7 Å². The monoisotopic (exact) mass is 499 g/mol. The fourth-order valence-electron chi connectivity index (χ4n) is 3.89. The number of rotatable bonds is 10. The van der Waals surface area contributed by atoms with E-state index in [0.717, 1.165) is 17.8 Å². The van der Waals surface area contributed by atoms with Gasteiger partial charge in [0.2, 0.25) is 5.91 Å². The lowest BCUT2D eigenvalue weighted by Crippen LogP contribution is -2.14. The Labute approximate surface area is 206 Å². The quantitative estimate of drug-likeness (QED) is 0.299. The summed E-state index contributed by atoms with van der Waals surface area (Å²) in [7, 11) is 3.04. The van der Waals surface area contributed by atoms with Gasteiger partial charge in [-0.3, -0.25) is 14.3 Å². The number of ether oxygens (including phenoxy) is 1. The zero-order chi connectivity index (χ0) is 25.7. The third kappa shape index (κ3) is 5.85. The van der Waals surface area contributed by atoms with E-state index >= 15 is 0 Å². The Morgan fingerprint density at radius 2 is 1.83 bits per heavy atom. The normalized spacial score (nSPS) is 11.0. The van der Waals surface area contributed by atoms with E-state index in [-0.39, 0.29) is 31.9 Å². The number of aryl methyl sites for hydroxylation is 1. The van der Waals surface area contributed by atoms with Crippen LogP contribution in [0, 0.1) is 5.82 Å². The first-order chi connectivity index (χ1) is 16.7. The molecule has 0 saturated heterocycles. The molecule has 0 unspecified atom stereocenters. The van der Waals surface area contributed by atoms with Gasteiger partial charge in [-0.2, -0.15) is 5.10 Å². The molecule has 3 rings (SSSR count). The average molecular weight is 500 g/mol. The molecule has 0 aliphatic carbocycles. The van der Waals surface area contributed by atoms with Crippen molar-refractivity contribution in [2.45, 2.75) is 34.1 Å². The molecule has 2 aromatic heterocycles. The minimum Gasteiger partial charge on any atom is -0.494 e. The molecule has 0 atom stereocenters. The predicted molar refractivity (Wildman–Crippen MR) is 139 cm³/mol. The van der Waals surface area contributed by atoms with Crippen LogP contribution in [-0.2, 0) is 11.8 Å². The number of ketones is 1. The second-order valence-corrected chi connectivity index (χ2v) is 10.7. The lowest BCUT2D eigenvalue weighted by atomic mass is 10.1. The zero-order valence-electron chi connectivity index (χ0n) is 20.9. The van der Waals surface area contributed by atoms with Crippen molar-refractivity contribution >= 4 is 42.2 Å². The Bertz CT molecular complexity index is 1240. The number of nitrogens with zero attached hydrogens (tertiary/aromatic N) is 3. The van der Waals surface area contributed by atoms with Gasteiger partial charge in [0.15, 0.2) is 11.5 Å². The van der Waals surface area contributed by atoms with E-state index in [2.05, 4.69) is 34.6 Å². The second kappa shape index (κ2) is 11.4. The maximum atomic E-state index is 14.8. The number of carbonyl (C=O) groups excluding carboxylic acids is 2. The SMILES string of the molecule is CCC(=O)c1cnc(NC(C)=O)cc1Nc1cc(F)cc(-c2cc(P(CC)CC)n(C)n2)c1OC. The minimum atomic E-state index is -0.483. The molecule has 0 aliphatic rings. The number of carbonyl (C=O) groups is 2. The standard InChI is InChI=1S/C25H31FN5O3P/c1-7-22(33)18-14-27-23(28-15(4)32)12-19(18)29-21-11-16(26)10-17(25(21)34-6)20-13-24(31(5)30-20)35(8-2)9-3/h10-14H,7-9H2,1-6H3,(H2,27,28,29,32). The highest BCUT2D eigenvalue weighted by Crippen LogP contribution is 2.41. The molecule has 10 heteroatoms. The Hall–Kier alpha value is -3.32. The molecule has 35 heavy (non-hydrogen) atoms. The Morgan fingerprint density at radius 3 is 2.43 bits per heavy atom. The van der Waals surface area contributed by atoms with E-state index in [1.54, 1.807) is 13.0 Å². The van der Waals surface area contributed by atoms with Crippen LogP contribution < -0.4 is 20.8 Å². The average Bonchev–Trinajstić information content (AvgIpc) is 3.20. The molecule has 0 saturated carbocycles. The third-order valence-corrected chi connectivity index (χ3v) is 8.17. The zero-order valence-corrected chi connectivity index (χ0v) is 21.8. The summed E-state index contributed by atoms with van der Waals surface area (Å²) < 4.78 is 22.4. The van der Waals surface area contributed by atoms with Gasteiger partial charge in [-0.05, 0) is 24.5 Å². The largest absolute Gasteiger partial charge is 0.494 e. The van der Waals surface area contributed by atoms with Crippen LogP contribution in [0.4, 0.5) is 21.6 Å². The van der Waals surface area contributed by atoms with Crippen molar-refractivity contribution in [1.29, 1.82) is 0 Å². The molecule has 3 aromatic rings. The predicted octanol–water partition coefficient (Wildman–Crippen LogP) is 5.07. The summed E-state index contributed by atoms with van der Waals surface area (Å²) in [5.41, 5.74) is 3.27. The van der Waals surface area contributed by atoms with Crippen LogP contribution in [0.15, 0.2) is 30.5 Å². The van der Waals surface area contributed by atoms with Gasteiger partial charge >= 0.3 is 0 Å². The number of pyridine rings is 1. The van der Waals surface area contributed by atoms with E-state index < -0.39 is 5.82 Å². The van der Waals surface area contributed by atoms with E-state index in [1.807, 2.05) is 17.8 Å². The maximum absolute atomic E-state index is 14.8. The lowest BCUT2D eigenvalue weighted by Gasteiger charge is -2.17. The fourth-order valence-corrected chi connectivity index (χ4v) is 5.75. The van der Waals surface area contributed by atoms with Gasteiger partial charge in [0.1, 0.15) is 11.6 Å². The van der Waals surface area contributed by atoms with Gasteiger partial charge in [0.25, 0.3) is 0 Å². The molecule has 186 valence electrons. The smallest absolute Gasteiger partial charge is 0.222 e. The van der Waals surface area contributed by atoms with Crippen LogP contribution in [0.3, 0.4) is 0 Å². The third-order valence-electron chi connectivity index (χ3n) is 5.58. The molecule has 1 amide bonds. The summed E-state index contributed by atoms with van der Waals surface area (Å²) in [6, 6.07) is 6.23. The number of amides is 1. The van der Waals surface area contributed by atoms with Crippen molar-refractivity contribution in [3.63, 3.8) is 0 Å². The van der Waals surface area contributed by atoms with Crippen LogP contribution in [0.2, 0.25) is 0 Å². The van der Waals surface area contributed by atoms with Gasteiger partial charge in [0.05, 0.1) is 35.2 Å². The van der Waals surface area contributed by atoms with Crippen LogP contribution in [0.25, 0.3) is 11.3 Å². The number of Topliss-reactive ketones (excluding diaryl/α,β-unsaturated/α-hetero) is 1. The molecule has 1 aromatic carbocycles. The lowest BCUT2D eigenvalue weighted by molar-refractivity contribution is -0.114. The summed E-state index contributed by atoms with van der Waals surface area (Å²) in [4.78, 5) is 28.2. The first kappa shape index (κ1) is 26.3. The molecular formula is C25H31FN5O3P. The summed E-state index contributed by atoms with van der Waals surface area (Å²) in [5, 5.41) is 10.4. The minimum absolute atomic E-state index is 0.146. The van der Waals surface area contributed by atoms with Crippen molar-refractivity contribution in [1.82, 2.24) is 14.8 Å². The number of anilines is 3. The highest BCUT2D eigenvalue weighted by molar-refractivity contribution is 7.65. The molecule has 0 bridgehead atoms. The molecule has 2 heterocycles. The first-order valence-corrected chi connectivity index (χ1v) is 13.2. The highest BCUT2D eigenvalue weighted by Gasteiger charge is 2.21. The first-order valence-electron chi connectivity index (χ1n) is 11.5. The van der Waals surface area contributed by atoms with E-state index in [0.29, 0.717) is 33.9 Å². The van der Waals surface area contributed by atoms with E-state index in [1.165, 1.54) is 32.4 Å². The summed E-state index contributed by atoms with van der Waals surface area (Å²) in [6.07, 6.45) is 3.72. The van der Waals surface area contributed by atoms with Crippen LogP contribution in [0.5, 0.6) is 5.75 Å². The van der Waals surface area contributed by atoms with Crippen LogP contribution in [-0.4, -0.2) is 45.9 Å². The number of hydrogen-bond donors (Lipinski definition) is 2. The van der Waals surface area contributed by atoms with Crippen molar-refractivity contribution in [3.05, 3.63) is 41.8 Å². The van der Waals surface area contributed by atoms with Gasteiger partial charge < -0.3 is 15.4 Å². The number of benzene rings is 1. The van der Waals surface area contributed by atoms with Crippen LogP contribution >= 0.6 is 7.92 Å². The number of aromatic nitrogens is 3. The maximum Gasteiger partial charge on any atom is 0.222 e. The summed E-state index contributed by atoms with van der Waals surface area (Å²) in [5.74, 6) is -0.268. The molecule has 0 spiro atoms. The van der Waals surface area contributed by atoms with Gasteiger partial charge in [0, 0.05) is 44.3 Å². The van der Waals surface area contributed by atoms with Crippen molar-refractivity contribution in [2.24, 2.45) is 7.05 Å². The number of hydrogen-bond acceptors (Lipinski definition) is 6. The van der Waals surface area contributed by atoms with Crippen molar-refractivity contribution in [2.75, 3.05) is 30.1 Å². The van der Waals surface area contributed by atoms with Gasteiger partial charge in [-0.25, -0.2) is 9.37 Å². The molecule has 0 radical (unpaired) electrons. The highest BCUT2D eigenvalue weighted by atomic mass is 31.1. The molecular weight excluding hydrogens is 468 g/mol. The summed E-state index contributed by atoms with van der Waals surface area (Å²) >= 11 is 0. The molecule has 8 nitrogen and oxygen atoms in total. The number of nitrogens with one attached hydrogen (secondary N) is 2. The Morgan fingerprint density at radius 1 is 1.11 bits per heavy atom. The molecule has 2 N–H and O–H groups in total. The van der Waals surface area contributed by atoms with Crippen molar-refractivity contribution in [3.8, 4) is 17.0 Å². The summed E-state index contributed by atoms with van der Waals surface area (Å²) in [6.45, 7) is 7.43. The van der Waals surface area contributed by atoms with Gasteiger partial charge in [-0.15, -0.1) is 0 Å². The molecule has 0 fully saturated rings. The van der Waals surface area contributed by atoms with Gasteiger partial charge in [-0.1, -0.05) is 28.7 Å². The fraction of sp³-hybridized carbons (Fsp3) is 0.360. The Balaban J connectivity index is 2.13. The number of halogens is 1. The Kier molecular flexibility index (Phi) is 8.57. The topological polar surface area (TPSA) is 98.1 Å². The van der Waals surface area contributed by atoms with Crippen LogP contribution in [0.1, 0.15) is 44.5 Å². The second-order valence-electron chi connectivity index (χ2n) is 7.92. The number of methoxy groups -OCH3 is 1. The molecule has 0 aliphatic heterocycles. The van der Waals surface area contributed by atoms with E-state index in [9.17, 15) is 14.0 Å². The van der Waals surface area contributed by atoms with E-state index in [4.69, 9.17) is 4.74 Å².